The molecule has 0 aliphatic heterocycles. The summed E-state index contributed by atoms with van der Waals surface area (Å²) in [5.41, 5.74) is 5.98. The van der Waals surface area contributed by atoms with Crippen LogP contribution in [0.3, 0.4) is 0 Å². The zero-order chi connectivity index (χ0) is 10.0. The van der Waals surface area contributed by atoms with Gasteiger partial charge in [-0.3, -0.25) is 0 Å². The third-order valence-corrected chi connectivity index (χ3v) is 2.74. The van der Waals surface area contributed by atoms with Crippen molar-refractivity contribution < 1.29 is 8.78 Å². The zero-order valence-corrected chi connectivity index (χ0v) is 8.74. The predicted molar refractivity (Wildman–Crippen MR) is 51.5 cm³/mol. The van der Waals surface area contributed by atoms with Gasteiger partial charge in [0, 0.05) is 6.07 Å². The van der Waals surface area contributed by atoms with Crippen molar-refractivity contribution >= 4 is 15.9 Å². The van der Waals surface area contributed by atoms with E-state index in [2.05, 4.69) is 15.9 Å². The van der Waals surface area contributed by atoms with E-state index < -0.39 is 11.6 Å². The second kappa shape index (κ2) is 4.15. The van der Waals surface area contributed by atoms with E-state index in [0.717, 1.165) is 6.07 Å². The van der Waals surface area contributed by atoms with Gasteiger partial charge in [0.05, 0.1) is 4.47 Å². The Labute approximate surface area is 84.1 Å². The van der Waals surface area contributed by atoms with Gasteiger partial charge in [-0.25, -0.2) is 8.78 Å². The molecule has 0 aliphatic rings. The molecule has 0 aromatic heterocycles. The van der Waals surface area contributed by atoms with Crippen LogP contribution in [0.2, 0.25) is 0 Å². The van der Waals surface area contributed by atoms with Crippen LogP contribution in [0.25, 0.3) is 0 Å². The first kappa shape index (κ1) is 10.6. The van der Waals surface area contributed by atoms with E-state index in [0.29, 0.717) is 16.6 Å². The summed E-state index contributed by atoms with van der Waals surface area (Å²) < 4.78 is 26.1. The number of hydrogen-bond donors (Lipinski definition) is 1. The molecular weight excluding hydrogens is 240 g/mol. The lowest BCUT2D eigenvalue weighted by molar-refractivity contribution is 0.570. The van der Waals surface area contributed by atoms with Crippen molar-refractivity contribution in [3.63, 3.8) is 0 Å². The molecule has 0 amide bonds. The van der Waals surface area contributed by atoms with Gasteiger partial charge >= 0.3 is 0 Å². The number of halogens is 3. The van der Waals surface area contributed by atoms with Gasteiger partial charge in [-0.15, -0.1) is 0 Å². The first-order chi connectivity index (χ1) is 6.06. The minimum absolute atomic E-state index is 0.0559. The lowest BCUT2D eigenvalue weighted by Gasteiger charge is -2.11. The molecule has 1 unspecified atom stereocenters. The van der Waals surface area contributed by atoms with Gasteiger partial charge in [0.2, 0.25) is 0 Å². The van der Waals surface area contributed by atoms with Crippen molar-refractivity contribution in [3.8, 4) is 0 Å². The lowest BCUT2D eigenvalue weighted by Crippen LogP contribution is -2.10. The monoisotopic (exact) mass is 249 g/mol. The Balaban J connectivity index is 3.20. The fourth-order valence-corrected chi connectivity index (χ4v) is 1.68. The third kappa shape index (κ3) is 2.25. The first-order valence-electron chi connectivity index (χ1n) is 3.90. The smallest absolute Gasteiger partial charge is 0.140 e. The zero-order valence-electron chi connectivity index (χ0n) is 7.15. The highest BCUT2D eigenvalue weighted by molar-refractivity contribution is 9.10. The van der Waals surface area contributed by atoms with Gasteiger partial charge in [0.25, 0.3) is 0 Å². The molecule has 72 valence electrons. The van der Waals surface area contributed by atoms with Crippen molar-refractivity contribution in [3.05, 3.63) is 33.8 Å². The number of rotatable bonds is 2. The van der Waals surface area contributed by atoms with Crippen LogP contribution in [0.5, 0.6) is 0 Å². The molecule has 1 nitrogen and oxygen atoms in total. The second-order valence-corrected chi connectivity index (χ2v) is 3.72. The average molecular weight is 250 g/mol. The van der Waals surface area contributed by atoms with E-state index in [4.69, 9.17) is 5.73 Å². The molecule has 0 heterocycles. The van der Waals surface area contributed by atoms with Crippen LogP contribution in [-0.2, 0) is 0 Å². The SMILES string of the molecule is CC(CN)c1cc(F)cc(F)c1Br. The van der Waals surface area contributed by atoms with Crippen LogP contribution in [0, 0.1) is 11.6 Å². The maximum Gasteiger partial charge on any atom is 0.140 e. The quantitative estimate of drug-likeness (QED) is 0.802. The molecule has 0 spiro atoms. The minimum atomic E-state index is -0.588. The van der Waals surface area contributed by atoms with Gasteiger partial charge in [-0.05, 0) is 40.0 Å². The van der Waals surface area contributed by atoms with Crippen molar-refractivity contribution in [1.29, 1.82) is 0 Å². The Hall–Kier alpha value is -0.480. The second-order valence-electron chi connectivity index (χ2n) is 2.93. The van der Waals surface area contributed by atoms with E-state index in [1.165, 1.54) is 6.07 Å². The van der Waals surface area contributed by atoms with Crippen molar-refractivity contribution in [2.75, 3.05) is 6.54 Å². The van der Waals surface area contributed by atoms with E-state index >= 15 is 0 Å². The van der Waals surface area contributed by atoms with E-state index in [1.807, 2.05) is 6.92 Å². The molecule has 0 aliphatic carbocycles. The molecule has 0 saturated heterocycles. The lowest BCUT2D eigenvalue weighted by atomic mass is 10.0. The number of nitrogens with two attached hydrogens (primary N) is 1. The molecule has 2 N–H and O–H groups in total. The summed E-state index contributed by atoms with van der Waals surface area (Å²) in [6.45, 7) is 2.18. The summed E-state index contributed by atoms with van der Waals surface area (Å²) >= 11 is 3.06. The maximum absolute atomic E-state index is 13.0. The molecule has 0 radical (unpaired) electrons. The summed E-state index contributed by atoms with van der Waals surface area (Å²) in [5.74, 6) is -1.22. The molecule has 0 saturated carbocycles. The van der Waals surface area contributed by atoms with Crippen LogP contribution in [-0.4, -0.2) is 6.54 Å². The number of hydrogen-bond acceptors (Lipinski definition) is 1. The summed E-state index contributed by atoms with van der Waals surface area (Å²) in [6.07, 6.45) is 0. The summed E-state index contributed by atoms with van der Waals surface area (Å²) in [4.78, 5) is 0. The standard InChI is InChI=1S/C9H10BrF2N/c1-5(4-13)7-2-6(11)3-8(12)9(7)10/h2-3,5H,4,13H2,1H3. The predicted octanol–water partition coefficient (Wildman–Crippen LogP) is 2.79. The highest BCUT2D eigenvalue weighted by Crippen LogP contribution is 2.27. The topological polar surface area (TPSA) is 26.0 Å². The molecule has 13 heavy (non-hydrogen) atoms. The third-order valence-electron chi connectivity index (χ3n) is 1.91. The Morgan fingerprint density at radius 2 is 2.08 bits per heavy atom. The van der Waals surface area contributed by atoms with E-state index in [1.54, 1.807) is 0 Å². The van der Waals surface area contributed by atoms with Crippen LogP contribution >= 0.6 is 15.9 Å². The highest BCUT2D eigenvalue weighted by Gasteiger charge is 2.13. The molecule has 4 heteroatoms. The van der Waals surface area contributed by atoms with Gasteiger partial charge in [0.15, 0.2) is 0 Å². The van der Waals surface area contributed by atoms with E-state index in [-0.39, 0.29) is 5.92 Å². The Morgan fingerprint density at radius 3 is 2.62 bits per heavy atom. The fourth-order valence-electron chi connectivity index (χ4n) is 1.06. The molecule has 1 aromatic rings. The largest absolute Gasteiger partial charge is 0.330 e. The average Bonchev–Trinajstić information content (AvgIpc) is 2.10. The van der Waals surface area contributed by atoms with Crippen LogP contribution in [0.1, 0.15) is 18.4 Å². The first-order valence-corrected chi connectivity index (χ1v) is 4.70. The van der Waals surface area contributed by atoms with Crippen LogP contribution in [0.4, 0.5) is 8.78 Å². The summed E-state index contributed by atoms with van der Waals surface area (Å²) in [5, 5.41) is 0. The van der Waals surface area contributed by atoms with Crippen LogP contribution < -0.4 is 5.73 Å². The van der Waals surface area contributed by atoms with Crippen molar-refractivity contribution in [2.24, 2.45) is 5.73 Å². The molecule has 1 rings (SSSR count). The fraction of sp³-hybridized carbons (Fsp3) is 0.333. The normalized spacial score (nSPS) is 13.0. The van der Waals surface area contributed by atoms with Crippen LogP contribution in [0.15, 0.2) is 16.6 Å². The van der Waals surface area contributed by atoms with Gasteiger partial charge in [-0.1, -0.05) is 6.92 Å². The molecule has 0 bridgehead atoms. The van der Waals surface area contributed by atoms with Gasteiger partial charge < -0.3 is 5.73 Å². The minimum Gasteiger partial charge on any atom is -0.330 e. The molecule has 1 atom stereocenters. The highest BCUT2D eigenvalue weighted by atomic mass is 79.9. The molecule has 1 aromatic carbocycles. The Bertz CT molecular complexity index is 315. The van der Waals surface area contributed by atoms with E-state index in [9.17, 15) is 8.78 Å². The number of benzene rings is 1. The molecular formula is C9H10BrF2N. The van der Waals surface area contributed by atoms with Crippen molar-refractivity contribution in [2.45, 2.75) is 12.8 Å². The molecule has 0 fully saturated rings. The summed E-state index contributed by atoms with van der Waals surface area (Å²) in [6, 6.07) is 2.14. The van der Waals surface area contributed by atoms with Crippen molar-refractivity contribution in [1.82, 2.24) is 0 Å². The van der Waals surface area contributed by atoms with Gasteiger partial charge in [-0.2, -0.15) is 0 Å². The summed E-state index contributed by atoms with van der Waals surface area (Å²) in [7, 11) is 0. The Kier molecular flexibility index (Phi) is 3.39. The maximum atomic E-state index is 13.0. The van der Waals surface area contributed by atoms with Gasteiger partial charge in [0.1, 0.15) is 11.6 Å². The Morgan fingerprint density at radius 1 is 1.46 bits per heavy atom.